The van der Waals surface area contributed by atoms with Crippen LogP contribution in [0, 0.1) is 0 Å². The number of hydrogen-bond acceptors (Lipinski definition) is 1. The third-order valence-corrected chi connectivity index (χ3v) is 0.320. The van der Waals surface area contributed by atoms with Crippen molar-refractivity contribution < 1.29 is 9.18 Å². The Labute approximate surface area is 39.4 Å². The zero-order chi connectivity index (χ0) is 4.99. The maximum absolute atomic E-state index is 10.8. The quantitative estimate of drug-likeness (QED) is 0.365. The van der Waals surface area contributed by atoms with Gasteiger partial charge >= 0.3 is 0 Å². The third kappa shape index (κ3) is 3.63. The fourth-order valence-corrected chi connectivity index (χ4v) is 0.0971. The van der Waals surface area contributed by atoms with Crippen molar-refractivity contribution in [1.82, 2.24) is 0 Å². The molecule has 0 aliphatic carbocycles. The standard InChI is InChI=1S/C3H2ClFO/c4-3(6)1-2-5/h1-2H. The van der Waals surface area contributed by atoms with Gasteiger partial charge in [0.25, 0.3) is 0 Å². The predicted molar refractivity (Wildman–Crippen MR) is 21.1 cm³/mol. The van der Waals surface area contributed by atoms with E-state index < -0.39 is 5.24 Å². The molecule has 6 heavy (non-hydrogen) atoms. The first-order chi connectivity index (χ1) is 2.77. The van der Waals surface area contributed by atoms with Crippen molar-refractivity contribution >= 4 is 16.8 Å². The van der Waals surface area contributed by atoms with Crippen LogP contribution in [0.4, 0.5) is 4.39 Å². The second kappa shape index (κ2) is 2.85. The normalized spacial score (nSPS) is 9.67. The fraction of sp³-hybridized carbons (Fsp3) is 0. The molecule has 0 unspecified atom stereocenters. The molecule has 0 radical (unpaired) electrons. The minimum atomic E-state index is -0.794. The van der Waals surface area contributed by atoms with E-state index in [1.54, 1.807) is 0 Å². The van der Waals surface area contributed by atoms with Gasteiger partial charge in [-0.25, -0.2) is 4.39 Å². The van der Waals surface area contributed by atoms with Gasteiger partial charge in [-0.05, 0) is 11.6 Å². The molecule has 0 aliphatic heterocycles. The first kappa shape index (κ1) is 5.63. The summed E-state index contributed by atoms with van der Waals surface area (Å²) in [6.45, 7) is 0. The average Bonchev–Trinajstić information content (AvgIpc) is 1.35. The van der Waals surface area contributed by atoms with Gasteiger partial charge in [-0.2, -0.15) is 0 Å². The van der Waals surface area contributed by atoms with Crippen LogP contribution in [0.2, 0.25) is 0 Å². The predicted octanol–water partition coefficient (Wildman–Crippen LogP) is 1.24. The number of allylic oxidation sites excluding steroid dienone is 1. The van der Waals surface area contributed by atoms with Gasteiger partial charge in [0.05, 0.1) is 6.33 Å². The van der Waals surface area contributed by atoms with Gasteiger partial charge in [-0.3, -0.25) is 4.79 Å². The Hall–Kier alpha value is -0.370. The molecule has 0 fully saturated rings. The number of carbonyl (C=O) groups excluding carboxylic acids is 1. The Morgan fingerprint density at radius 3 is 2.33 bits per heavy atom. The zero-order valence-electron chi connectivity index (χ0n) is 2.82. The highest BCUT2D eigenvalue weighted by atomic mass is 35.5. The molecule has 0 rings (SSSR count). The van der Waals surface area contributed by atoms with Gasteiger partial charge in [0.15, 0.2) is 0 Å². The SMILES string of the molecule is O=C(Cl)C=CF. The topological polar surface area (TPSA) is 17.1 Å². The zero-order valence-corrected chi connectivity index (χ0v) is 3.57. The highest BCUT2D eigenvalue weighted by Crippen LogP contribution is 1.80. The molecule has 34 valence electrons. The molecule has 0 aromatic heterocycles. The monoisotopic (exact) mass is 108 g/mol. The Morgan fingerprint density at radius 1 is 1.83 bits per heavy atom. The summed E-state index contributed by atoms with van der Waals surface area (Å²) in [5, 5.41) is -0.794. The molecule has 0 amide bonds. The molecule has 0 spiro atoms. The molecule has 0 aromatic rings. The molecule has 0 saturated carbocycles. The smallest absolute Gasteiger partial charge is 0.247 e. The van der Waals surface area contributed by atoms with E-state index in [9.17, 15) is 9.18 Å². The van der Waals surface area contributed by atoms with Gasteiger partial charge in [-0.1, -0.05) is 0 Å². The van der Waals surface area contributed by atoms with E-state index in [1.165, 1.54) is 0 Å². The fourth-order valence-electron chi connectivity index (χ4n) is 0.0495. The molecule has 3 heteroatoms. The lowest BCUT2D eigenvalue weighted by molar-refractivity contribution is -0.107. The molecule has 0 heterocycles. The van der Waals surface area contributed by atoms with Crippen molar-refractivity contribution in [1.29, 1.82) is 0 Å². The van der Waals surface area contributed by atoms with Crippen LogP contribution in [0.25, 0.3) is 0 Å². The van der Waals surface area contributed by atoms with E-state index in [1.807, 2.05) is 0 Å². The Morgan fingerprint density at radius 2 is 2.33 bits per heavy atom. The van der Waals surface area contributed by atoms with Crippen molar-refractivity contribution in [3.63, 3.8) is 0 Å². The van der Waals surface area contributed by atoms with Crippen LogP contribution in [-0.4, -0.2) is 5.24 Å². The second-order valence-corrected chi connectivity index (χ2v) is 0.969. The molecular weight excluding hydrogens is 106 g/mol. The van der Waals surface area contributed by atoms with E-state index in [4.69, 9.17) is 0 Å². The summed E-state index contributed by atoms with van der Waals surface area (Å²) < 4.78 is 10.8. The van der Waals surface area contributed by atoms with E-state index in [2.05, 4.69) is 11.6 Å². The van der Waals surface area contributed by atoms with Crippen LogP contribution in [0.3, 0.4) is 0 Å². The molecule has 0 N–H and O–H groups in total. The van der Waals surface area contributed by atoms with Gasteiger partial charge in [0, 0.05) is 6.08 Å². The Kier molecular flexibility index (Phi) is 2.67. The van der Waals surface area contributed by atoms with Gasteiger partial charge in [0.2, 0.25) is 5.24 Å². The minimum Gasteiger partial charge on any atom is -0.276 e. The highest BCUT2D eigenvalue weighted by molar-refractivity contribution is 6.66. The Balaban J connectivity index is 3.30. The van der Waals surface area contributed by atoms with Gasteiger partial charge in [0.1, 0.15) is 0 Å². The number of halogens is 2. The lowest BCUT2D eigenvalue weighted by Crippen LogP contribution is -1.69. The molecule has 0 saturated heterocycles. The summed E-state index contributed by atoms with van der Waals surface area (Å²) in [4.78, 5) is 9.48. The maximum atomic E-state index is 10.8. The lowest BCUT2D eigenvalue weighted by atomic mass is 10.7. The minimum absolute atomic E-state index is 0.0926. The van der Waals surface area contributed by atoms with Crippen LogP contribution in [0.5, 0.6) is 0 Å². The van der Waals surface area contributed by atoms with Crippen molar-refractivity contribution in [2.75, 3.05) is 0 Å². The van der Waals surface area contributed by atoms with Crippen molar-refractivity contribution in [2.24, 2.45) is 0 Å². The lowest BCUT2D eigenvalue weighted by Gasteiger charge is -1.62. The van der Waals surface area contributed by atoms with Gasteiger partial charge in [-0.15, -0.1) is 0 Å². The second-order valence-electron chi connectivity index (χ2n) is 0.597. The third-order valence-electron chi connectivity index (χ3n) is 0.194. The number of carbonyl (C=O) groups is 1. The first-order valence-corrected chi connectivity index (χ1v) is 1.61. The van der Waals surface area contributed by atoms with Gasteiger partial charge < -0.3 is 0 Å². The largest absolute Gasteiger partial charge is 0.276 e. The van der Waals surface area contributed by atoms with Crippen molar-refractivity contribution in [2.45, 2.75) is 0 Å². The van der Waals surface area contributed by atoms with E-state index >= 15 is 0 Å². The van der Waals surface area contributed by atoms with Crippen molar-refractivity contribution in [3.05, 3.63) is 12.4 Å². The summed E-state index contributed by atoms with van der Waals surface area (Å²) in [6, 6.07) is 0. The number of rotatable bonds is 1. The van der Waals surface area contributed by atoms with Crippen LogP contribution in [-0.2, 0) is 4.79 Å². The number of hydrogen-bond donors (Lipinski definition) is 0. The summed E-state index contributed by atoms with van der Waals surface area (Å²) in [5.41, 5.74) is 0. The summed E-state index contributed by atoms with van der Waals surface area (Å²) in [6.07, 6.45) is 0.719. The summed E-state index contributed by atoms with van der Waals surface area (Å²) >= 11 is 4.61. The summed E-state index contributed by atoms with van der Waals surface area (Å²) in [5.74, 6) is 0. The highest BCUT2D eigenvalue weighted by Gasteiger charge is 1.79. The van der Waals surface area contributed by atoms with E-state index in [0.29, 0.717) is 6.08 Å². The van der Waals surface area contributed by atoms with Crippen LogP contribution < -0.4 is 0 Å². The Bertz CT molecular complexity index is 78.9. The van der Waals surface area contributed by atoms with Crippen LogP contribution in [0.15, 0.2) is 12.4 Å². The molecule has 0 aliphatic rings. The molecular formula is C3H2ClFO. The van der Waals surface area contributed by atoms with Crippen molar-refractivity contribution in [3.8, 4) is 0 Å². The molecule has 0 aromatic carbocycles. The summed E-state index contributed by atoms with van der Waals surface area (Å²) in [7, 11) is 0. The van der Waals surface area contributed by atoms with Crippen LogP contribution >= 0.6 is 11.6 Å². The molecule has 1 nitrogen and oxygen atoms in total. The molecule has 0 atom stereocenters. The average molecular weight is 108 g/mol. The van der Waals surface area contributed by atoms with E-state index in [-0.39, 0.29) is 6.33 Å². The van der Waals surface area contributed by atoms with E-state index in [0.717, 1.165) is 0 Å². The maximum Gasteiger partial charge on any atom is 0.247 e. The molecule has 0 bridgehead atoms. The first-order valence-electron chi connectivity index (χ1n) is 1.23. The van der Waals surface area contributed by atoms with Crippen LogP contribution in [0.1, 0.15) is 0 Å².